The molecule has 1 fully saturated rings. The van der Waals surface area contributed by atoms with Gasteiger partial charge >= 0.3 is 0 Å². The number of hydrogen-bond acceptors (Lipinski definition) is 3. The number of carbonyl (C=O) groups excluding carboxylic acids is 1. The van der Waals surface area contributed by atoms with Gasteiger partial charge in [-0.05, 0) is 50.7 Å². The number of piperidine rings is 1. The molecular weight excluding hydrogens is 240 g/mol. The lowest BCUT2D eigenvalue weighted by Gasteiger charge is -2.35. The maximum atomic E-state index is 12.2. The van der Waals surface area contributed by atoms with Crippen molar-refractivity contribution < 1.29 is 9.90 Å². The van der Waals surface area contributed by atoms with E-state index in [2.05, 4.69) is 11.9 Å². The van der Waals surface area contributed by atoms with Gasteiger partial charge in [0.1, 0.15) is 5.75 Å². The third kappa shape index (κ3) is 3.70. The summed E-state index contributed by atoms with van der Waals surface area (Å²) in [4.78, 5) is 16.4. The molecule has 0 aliphatic carbocycles. The summed E-state index contributed by atoms with van der Waals surface area (Å²) in [5, 5.41) is 9.41. The number of phenolic OH excluding ortho intramolecular Hbond substituents is 1. The number of nitrogens with zero attached hydrogens (tertiary/aromatic N) is 2. The lowest BCUT2D eigenvalue weighted by molar-refractivity contribution is -0.132. The SMILES string of the molecule is CN1CCC(N(C)C(=O)Cc2cccc(O)c2)CC1. The Bertz CT molecular complexity index is 440. The first kappa shape index (κ1) is 13.9. The Labute approximate surface area is 114 Å². The van der Waals surface area contributed by atoms with Gasteiger partial charge in [0, 0.05) is 13.1 Å². The van der Waals surface area contributed by atoms with Gasteiger partial charge < -0.3 is 14.9 Å². The lowest BCUT2D eigenvalue weighted by atomic mass is 10.0. The molecule has 0 saturated carbocycles. The first-order chi connectivity index (χ1) is 9.06. The van der Waals surface area contributed by atoms with Crippen LogP contribution in [-0.4, -0.2) is 54.0 Å². The van der Waals surface area contributed by atoms with Gasteiger partial charge in [-0.1, -0.05) is 12.1 Å². The van der Waals surface area contributed by atoms with Crippen LogP contribution in [0.15, 0.2) is 24.3 Å². The van der Waals surface area contributed by atoms with Crippen LogP contribution >= 0.6 is 0 Å². The van der Waals surface area contributed by atoms with E-state index >= 15 is 0 Å². The average molecular weight is 262 g/mol. The predicted molar refractivity (Wildman–Crippen MR) is 75.1 cm³/mol. The molecule has 1 saturated heterocycles. The van der Waals surface area contributed by atoms with E-state index in [1.54, 1.807) is 18.2 Å². The molecule has 1 aromatic rings. The second-order valence-electron chi connectivity index (χ2n) is 5.39. The number of carbonyl (C=O) groups is 1. The predicted octanol–water partition coefficient (Wildman–Crippen LogP) is 1.49. The zero-order chi connectivity index (χ0) is 13.8. The summed E-state index contributed by atoms with van der Waals surface area (Å²) >= 11 is 0. The number of likely N-dealkylation sites (N-methyl/N-ethyl adjacent to an activating group) is 1. The topological polar surface area (TPSA) is 43.8 Å². The second-order valence-corrected chi connectivity index (χ2v) is 5.39. The molecule has 4 heteroatoms. The van der Waals surface area contributed by atoms with Gasteiger partial charge in [-0.25, -0.2) is 0 Å². The number of rotatable bonds is 3. The first-order valence-electron chi connectivity index (χ1n) is 6.78. The summed E-state index contributed by atoms with van der Waals surface area (Å²) in [5.41, 5.74) is 0.866. The molecule has 2 rings (SSSR count). The Balaban J connectivity index is 1.92. The molecule has 0 bridgehead atoms. The molecule has 1 amide bonds. The molecule has 1 aromatic carbocycles. The largest absolute Gasteiger partial charge is 0.508 e. The van der Waals surface area contributed by atoms with Gasteiger partial charge in [0.2, 0.25) is 5.91 Å². The number of hydrogen-bond donors (Lipinski definition) is 1. The smallest absolute Gasteiger partial charge is 0.226 e. The van der Waals surface area contributed by atoms with Crippen molar-refractivity contribution in [2.24, 2.45) is 0 Å². The summed E-state index contributed by atoms with van der Waals surface area (Å²) < 4.78 is 0. The lowest BCUT2D eigenvalue weighted by Crippen LogP contribution is -2.44. The van der Waals surface area contributed by atoms with Crippen molar-refractivity contribution in [3.63, 3.8) is 0 Å². The van der Waals surface area contributed by atoms with Gasteiger partial charge in [0.05, 0.1) is 6.42 Å². The zero-order valence-corrected chi connectivity index (χ0v) is 11.7. The van der Waals surface area contributed by atoms with E-state index in [4.69, 9.17) is 0 Å². The Morgan fingerprint density at radius 3 is 2.74 bits per heavy atom. The highest BCUT2D eigenvalue weighted by Gasteiger charge is 2.23. The van der Waals surface area contributed by atoms with Crippen LogP contribution in [0.4, 0.5) is 0 Å². The number of phenols is 1. The Morgan fingerprint density at radius 2 is 2.11 bits per heavy atom. The summed E-state index contributed by atoms with van der Waals surface area (Å²) in [6, 6.07) is 7.27. The van der Waals surface area contributed by atoms with Crippen molar-refractivity contribution >= 4 is 5.91 Å². The highest BCUT2D eigenvalue weighted by molar-refractivity contribution is 5.79. The zero-order valence-electron chi connectivity index (χ0n) is 11.7. The van der Waals surface area contributed by atoms with Crippen LogP contribution in [0.2, 0.25) is 0 Å². The van der Waals surface area contributed by atoms with Gasteiger partial charge in [-0.2, -0.15) is 0 Å². The molecule has 104 valence electrons. The molecule has 0 spiro atoms. The van der Waals surface area contributed by atoms with Crippen molar-refractivity contribution in [3.8, 4) is 5.75 Å². The van der Waals surface area contributed by atoms with Gasteiger partial charge in [0.25, 0.3) is 0 Å². The molecule has 0 aromatic heterocycles. The quantitative estimate of drug-likeness (QED) is 0.897. The van der Waals surface area contributed by atoms with E-state index in [-0.39, 0.29) is 11.7 Å². The fraction of sp³-hybridized carbons (Fsp3) is 0.533. The van der Waals surface area contributed by atoms with Crippen LogP contribution < -0.4 is 0 Å². The molecule has 1 aliphatic rings. The normalized spacial score (nSPS) is 17.4. The van der Waals surface area contributed by atoms with E-state index in [9.17, 15) is 9.90 Å². The number of benzene rings is 1. The minimum Gasteiger partial charge on any atom is -0.508 e. The molecule has 0 atom stereocenters. The van der Waals surface area contributed by atoms with E-state index in [1.165, 1.54) is 0 Å². The van der Waals surface area contributed by atoms with Crippen molar-refractivity contribution in [2.75, 3.05) is 27.2 Å². The van der Waals surface area contributed by atoms with Crippen molar-refractivity contribution in [1.82, 2.24) is 9.80 Å². The van der Waals surface area contributed by atoms with Gasteiger partial charge in [-0.15, -0.1) is 0 Å². The standard InChI is InChI=1S/C15H22N2O2/c1-16-8-6-13(7-9-16)17(2)15(19)11-12-4-3-5-14(18)10-12/h3-5,10,13,18H,6-9,11H2,1-2H3. The van der Waals surface area contributed by atoms with Gasteiger partial charge in [-0.3, -0.25) is 4.79 Å². The maximum absolute atomic E-state index is 12.2. The molecule has 0 unspecified atom stereocenters. The number of amides is 1. The third-order valence-electron chi connectivity index (χ3n) is 3.90. The minimum atomic E-state index is 0.125. The van der Waals surface area contributed by atoms with Crippen LogP contribution in [0.25, 0.3) is 0 Å². The second kappa shape index (κ2) is 6.06. The maximum Gasteiger partial charge on any atom is 0.226 e. The van der Waals surface area contributed by atoms with Gasteiger partial charge in [0.15, 0.2) is 0 Å². The Hall–Kier alpha value is -1.55. The number of aromatic hydroxyl groups is 1. The summed E-state index contributed by atoms with van der Waals surface area (Å²) in [6.07, 6.45) is 2.44. The van der Waals surface area contributed by atoms with Crippen molar-refractivity contribution in [3.05, 3.63) is 29.8 Å². The Morgan fingerprint density at radius 1 is 1.42 bits per heavy atom. The highest BCUT2D eigenvalue weighted by Crippen LogP contribution is 2.17. The molecule has 0 radical (unpaired) electrons. The molecule has 1 heterocycles. The average Bonchev–Trinajstić information content (AvgIpc) is 2.39. The minimum absolute atomic E-state index is 0.125. The van der Waals surface area contributed by atoms with Crippen LogP contribution in [0.1, 0.15) is 18.4 Å². The fourth-order valence-electron chi connectivity index (χ4n) is 2.55. The van der Waals surface area contributed by atoms with E-state index < -0.39 is 0 Å². The van der Waals surface area contributed by atoms with Crippen LogP contribution in [0, 0.1) is 0 Å². The monoisotopic (exact) mass is 262 g/mol. The summed E-state index contributed by atoms with van der Waals surface area (Å²) in [6.45, 7) is 2.10. The van der Waals surface area contributed by atoms with Crippen molar-refractivity contribution in [2.45, 2.75) is 25.3 Å². The van der Waals surface area contributed by atoms with Crippen molar-refractivity contribution in [1.29, 1.82) is 0 Å². The molecule has 1 N–H and O–H groups in total. The molecule has 4 nitrogen and oxygen atoms in total. The van der Waals surface area contributed by atoms with Crippen LogP contribution in [0.3, 0.4) is 0 Å². The van der Waals surface area contributed by atoms with Crippen LogP contribution in [0.5, 0.6) is 5.75 Å². The molecular formula is C15H22N2O2. The highest BCUT2D eigenvalue weighted by atomic mass is 16.3. The van der Waals surface area contributed by atoms with E-state index in [0.717, 1.165) is 31.5 Å². The Kier molecular flexibility index (Phi) is 4.43. The fourth-order valence-corrected chi connectivity index (χ4v) is 2.55. The van der Waals surface area contributed by atoms with E-state index in [1.807, 2.05) is 18.0 Å². The van der Waals surface area contributed by atoms with Crippen LogP contribution in [-0.2, 0) is 11.2 Å². The summed E-state index contributed by atoms with van der Waals surface area (Å²) in [5.74, 6) is 0.340. The first-order valence-corrected chi connectivity index (χ1v) is 6.78. The third-order valence-corrected chi connectivity index (χ3v) is 3.90. The molecule has 19 heavy (non-hydrogen) atoms. The molecule has 1 aliphatic heterocycles. The van der Waals surface area contributed by atoms with E-state index in [0.29, 0.717) is 12.5 Å². The number of likely N-dealkylation sites (tertiary alicyclic amines) is 1. The summed E-state index contributed by atoms with van der Waals surface area (Å²) in [7, 11) is 4.01.